The van der Waals surface area contributed by atoms with E-state index in [0.29, 0.717) is 18.3 Å². The zero-order chi connectivity index (χ0) is 12.1. The lowest BCUT2D eigenvalue weighted by Crippen LogP contribution is -2.19. The lowest BCUT2D eigenvalue weighted by molar-refractivity contribution is 0.0834. The summed E-state index contributed by atoms with van der Waals surface area (Å²) >= 11 is 0. The largest absolute Gasteiger partial charge is 0.381 e. The molecule has 2 rings (SSSR count). The predicted molar refractivity (Wildman–Crippen MR) is 63.3 cm³/mol. The predicted octanol–water partition coefficient (Wildman–Crippen LogP) is 0.803. The summed E-state index contributed by atoms with van der Waals surface area (Å²) in [5, 5.41) is 0. The summed E-state index contributed by atoms with van der Waals surface area (Å²) in [6.45, 7) is 2.01. The van der Waals surface area contributed by atoms with Crippen LogP contribution in [0.25, 0.3) is 0 Å². The summed E-state index contributed by atoms with van der Waals surface area (Å²) in [4.78, 5) is 8.91. The minimum atomic E-state index is 0.354. The molecule has 0 amide bonds. The molecule has 0 aromatic carbocycles. The fourth-order valence-corrected chi connectivity index (χ4v) is 1.95. The monoisotopic (exact) mass is 238 g/mol. The number of ether oxygens (including phenoxy) is 2. The average Bonchev–Trinajstić information content (AvgIpc) is 2.40. The Morgan fingerprint density at radius 2 is 2.24 bits per heavy atom. The van der Waals surface area contributed by atoms with E-state index in [-0.39, 0.29) is 0 Å². The number of nitrogen functional groups attached to an aromatic ring is 1. The summed E-state index contributed by atoms with van der Waals surface area (Å²) in [5.74, 6) is 7.22. The van der Waals surface area contributed by atoms with Gasteiger partial charge in [-0.25, -0.2) is 15.8 Å². The van der Waals surface area contributed by atoms with Gasteiger partial charge in [0.15, 0.2) is 0 Å². The second-order valence-electron chi connectivity index (χ2n) is 4.07. The Morgan fingerprint density at radius 3 is 2.88 bits per heavy atom. The molecule has 1 saturated heterocycles. The van der Waals surface area contributed by atoms with Crippen LogP contribution in [0.4, 0.5) is 5.82 Å². The zero-order valence-corrected chi connectivity index (χ0v) is 9.98. The maximum Gasteiger partial charge on any atom is 0.144 e. The first kappa shape index (κ1) is 12.2. The smallest absolute Gasteiger partial charge is 0.144 e. The number of aromatic nitrogens is 2. The van der Waals surface area contributed by atoms with E-state index < -0.39 is 0 Å². The van der Waals surface area contributed by atoms with E-state index in [0.717, 1.165) is 37.6 Å². The number of anilines is 1. The summed E-state index contributed by atoms with van der Waals surface area (Å²) < 4.78 is 10.4. The second kappa shape index (κ2) is 5.90. The van der Waals surface area contributed by atoms with E-state index in [4.69, 9.17) is 15.3 Å². The van der Waals surface area contributed by atoms with Crippen molar-refractivity contribution >= 4 is 5.82 Å². The molecular weight excluding hydrogens is 220 g/mol. The molecule has 94 valence electrons. The van der Waals surface area contributed by atoms with Crippen molar-refractivity contribution in [1.82, 2.24) is 9.97 Å². The molecule has 17 heavy (non-hydrogen) atoms. The molecule has 0 radical (unpaired) electrons. The Balaban J connectivity index is 2.21. The number of rotatable bonds is 4. The van der Waals surface area contributed by atoms with Gasteiger partial charge < -0.3 is 14.9 Å². The number of hydrogen-bond donors (Lipinski definition) is 2. The van der Waals surface area contributed by atoms with E-state index in [1.54, 1.807) is 13.2 Å². The number of hydrogen-bond acceptors (Lipinski definition) is 6. The van der Waals surface area contributed by atoms with Crippen molar-refractivity contribution in [2.75, 3.05) is 25.7 Å². The first-order valence-corrected chi connectivity index (χ1v) is 5.74. The third kappa shape index (κ3) is 3.12. The topological polar surface area (TPSA) is 82.3 Å². The van der Waals surface area contributed by atoms with Crippen LogP contribution in [0.3, 0.4) is 0 Å². The van der Waals surface area contributed by atoms with E-state index >= 15 is 0 Å². The third-order valence-electron chi connectivity index (χ3n) is 2.82. The maximum atomic E-state index is 5.41. The van der Waals surface area contributed by atoms with E-state index in [9.17, 15) is 0 Å². The van der Waals surface area contributed by atoms with Gasteiger partial charge in [0.1, 0.15) is 11.6 Å². The van der Waals surface area contributed by atoms with Crippen molar-refractivity contribution in [1.29, 1.82) is 0 Å². The van der Waals surface area contributed by atoms with Crippen molar-refractivity contribution < 1.29 is 9.47 Å². The van der Waals surface area contributed by atoms with Gasteiger partial charge in [0.25, 0.3) is 0 Å². The number of nitrogens with zero attached hydrogens (tertiary/aromatic N) is 2. The Labute approximate surface area is 101 Å². The Hall–Kier alpha value is -1.24. The molecule has 1 aromatic rings. The van der Waals surface area contributed by atoms with Crippen molar-refractivity contribution in [3.05, 3.63) is 17.6 Å². The quantitative estimate of drug-likeness (QED) is 0.596. The molecule has 1 fully saturated rings. The van der Waals surface area contributed by atoms with Gasteiger partial charge in [0, 0.05) is 32.3 Å². The first-order valence-electron chi connectivity index (χ1n) is 5.74. The molecule has 0 atom stereocenters. The van der Waals surface area contributed by atoms with Gasteiger partial charge in [0.2, 0.25) is 0 Å². The van der Waals surface area contributed by atoms with Crippen molar-refractivity contribution in [3.8, 4) is 0 Å². The summed E-state index contributed by atoms with van der Waals surface area (Å²) in [6, 6.07) is 1.80. The molecule has 1 aliphatic rings. The van der Waals surface area contributed by atoms with Gasteiger partial charge in [-0.05, 0) is 12.8 Å². The van der Waals surface area contributed by atoms with Gasteiger partial charge >= 0.3 is 0 Å². The highest BCUT2D eigenvalue weighted by atomic mass is 16.5. The highest BCUT2D eigenvalue weighted by molar-refractivity contribution is 5.34. The molecule has 1 aliphatic heterocycles. The molecule has 3 N–H and O–H groups in total. The molecule has 1 aromatic heterocycles. The van der Waals surface area contributed by atoms with E-state index in [2.05, 4.69) is 15.4 Å². The van der Waals surface area contributed by atoms with Crippen LogP contribution in [-0.2, 0) is 16.1 Å². The van der Waals surface area contributed by atoms with Gasteiger partial charge in [-0.2, -0.15) is 0 Å². The SMILES string of the molecule is COCc1cc(NN)nc(C2CCOCC2)n1. The number of hydrazine groups is 1. The second-order valence-corrected chi connectivity index (χ2v) is 4.07. The molecular formula is C11H18N4O2. The van der Waals surface area contributed by atoms with Crippen LogP contribution in [0, 0.1) is 0 Å². The van der Waals surface area contributed by atoms with E-state index in [1.165, 1.54) is 0 Å². The van der Waals surface area contributed by atoms with Gasteiger partial charge in [-0.15, -0.1) is 0 Å². The Bertz CT molecular complexity index is 366. The maximum absolute atomic E-state index is 5.41. The number of nitrogens with one attached hydrogen (secondary N) is 1. The van der Waals surface area contributed by atoms with Gasteiger partial charge in [-0.3, -0.25) is 0 Å². The van der Waals surface area contributed by atoms with Crippen LogP contribution in [-0.4, -0.2) is 30.3 Å². The Kier molecular flexibility index (Phi) is 4.24. The standard InChI is InChI=1S/C11H18N4O2/c1-16-7-9-6-10(15-12)14-11(13-9)8-2-4-17-5-3-8/h6,8H,2-5,7,12H2,1H3,(H,13,14,15). The van der Waals surface area contributed by atoms with E-state index in [1.807, 2.05) is 0 Å². The Morgan fingerprint density at radius 1 is 1.47 bits per heavy atom. The molecule has 0 saturated carbocycles. The normalized spacial score (nSPS) is 17.1. The van der Waals surface area contributed by atoms with Crippen LogP contribution < -0.4 is 11.3 Å². The fourth-order valence-electron chi connectivity index (χ4n) is 1.95. The fraction of sp³-hybridized carbons (Fsp3) is 0.636. The van der Waals surface area contributed by atoms with Crippen LogP contribution >= 0.6 is 0 Å². The molecule has 2 heterocycles. The summed E-state index contributed by atoms with van der Waals surface area (Å²) in [6.07, 6.45) is 1.92. The highest BCUT2D eigenvalue weighted by Crippen LogP contribution is 2.25. The van der Waals surface area contributed by atoms with Crippen LogP contribution in [0.2, 0.25) is 0 Å². The lowest BCUT2D eigenvalue weighted by Gasteiger charge is -2.21. The zero-order valence-electron chi connectivity index (χ0n) is 9.98. The molecule has 0 bridgehead atoms. The molecule has 6 nitrogen and oxygen atoms in total. The minimum Gasteiger partial charge on any atom is -0.381 e. The highest BCUT2D eigenvalue weighted by Gasteiger charge is 2.19. The molecule has 0 spiro atoms. The summed E-state index contributed by atoms with van der Waals surface area (Å²) in [7, 11) is 1.64. The average molecular weight is 238 g/mol. The summed E-state index contributed by atoms with van der Waals surface area (Å²) in [5.41, 5.74) is 3.41. The van der Waals surface area contributed by atoms with Crippen LogP contribution in [0.5, 0.6) is 0 Å². The minimum absolute atomic E-state index is 0.354. The van der Waals surface area contributed by atoms with Crippen molar-refractivity contribution in [2.24, 2.45) is 5.84 Å². The molecule has 6 heteroatoms. The van der Waals surface area contributed by atoms with Crippen LogP contribution in [0.15, 0.2) is 6.07 Å². The van der Waals surface area contributed by atoms with Gasteiger partial charge in [0.05, 0.1) is 12.3 Å². The van der Waals surface area contributed by atoms with Crippen molar-refractivity contribution in [3.63, 3.8) is 0 Å². The van der Waals surface area contributed by atoms with Crippen LogP contribution in [0.1, 0.15) is 30.3 Å². The first-order chi connectivity index (χ1) is 8.33. The van der Waals surface area contributed by atoms with Gasteiger partial charge in [-0.1, -0.05) is 0 Å². The third-order valence-corrected chi connectivity index (χ3v) is 2.82. The van der Waals surface area contributed by atoms with Crippen molar-refractivity contribution in [2.45, 2.75) is 25.4 Å². The lowest BCUT2D eigenvalue weighted by atomic mass is 9.99. The molecule has 0 aliphatic carbocycles. The molecule has 0 unspecified atom stereocenters. The number of methoxy groups -OCH3 is 1. The number of nitrogens with two attached hydrogens (primary N) is 1.